The number of nitrogens with zero attached hydrogens (tertiary/aromatic N) is 3. The predicted molar refractivity (Wildman–Crippen MR) is 62.2 cm³/mol. The number of hydrogen-bond acceptors (Lipinski definition) is 4. The molecule has 0 aromatic carbocycles. The largest absolute Gasteiger partial charge is 0.481 e. The van der Waals surface area contributed by atoms with E-state index >= 15 is 0 Å². The third-order valence-electron chi connectivity index (χ3n) is 2.48. The Morgan fingerprint density at radius 1 is 1.47 bits per heavy atom. The number of nitrogen functional groups attached to an aromatic ring is 1. The average molecular weight is 232 g/mol. The lowest BCUT2D eigenvalue weighted by Gasteiger charge is -2.00. The van der Waals surface area contributed by atoms with Gasteiger partial charge in [0.15, 0.2) is 0 Å². The molecule has 17 heavy (non-hydrogen) atoms. The summed E-state index contributed by atoms with van der Waals surface area (Å²) in [5.74, 6) is -0.556. The van der Waals surface area contributed by atoms with Crippen molar-refractivity contribution in [2.24, 2.45) is 7.05 Å². The van der Waals surface area contributed by atoms with Crippen molar-refractivity contribution in [1.29, 1.82) is 0 Å². The molecule has 0 aliphatic heterocycles. The molecule has 0 fully saturated rings. The number of aryl methyl sites for hydroxylation is 1. The van der Waals surface area contributed by atoms with E-state index in [1.165, 1.54) is 4.68 Å². The monoisotopic (exact) mass is 232 g/mol. The Balaban J connectivity index is 2.54. The Hall–Kier alpha value is -2.37. The number of carbonyl (C=O) groups is 1. The van der Waals surface area contributed by atoms with Crippen molar-refractivity contribution in [3.8, 4) is 11.3 Å². The van der Waals surface area contributed by atoms with Crippen LogP contribution in [0.1, 0.15) is 5.56 Å². The number of aliphatic carboxylic acids is 1. The van der Waals surface area contributed by atoms with Crippen LogP contribution in [0.5, 0.6) is 0 Å². The molecule has 0 aliphatic rings. The van der Waals surface area contributed by atoms with Gasteiger partial charge in [0.2, 0.25) is 0 Å². The molecule has 0 saturated heterocycles. The molecule has 6 heteroatoms. The van der Waals surface area contributed by atoms with Gasteiger partial charge in [0.1, 0.15) is 5.82 Å². The molecule has 0 unspecified atom stereocenters. The minimum atomic E-state index is -0.931. The number of aromatic nitrogens is 3. The fourth-order valence-corrected chi connectivity index (χ4v) is 1.65. The van der Waals surface area contributed by atoms with Crippen LogP contribution >= 0.6 is 0 Å². The Bertz CT molecular complexity index is 548. The molecular formula is C11H12N4O2. The van der Waals surface area contributed by atoms with Gasteiger partial charge in [0.05, 0.1) is 12.1 Å². The summed E-state index contributed by atoms with van der Waals surface area (Å²) in [4.78, 5) is 14.7. The number of rotatable bonds is 3. The molecule has 0 saturated carbocycles. The van der Waals surface area contributed by atoms with Crippen LogP contribution in [-0.2, 0) is 18.3 Å². The maximum Gasteiger partial charge on any atom is 0.308 e. The molecule has 2 rings (SSSR count). The molecule has 2 heterocycles. The highest BCUT2D eigenvalue weighted by atomic mass is 16.4. The lowest BCUT2D eigenvalue weighted by atomic mass is 10.1. The second-order valence-electron chi connectivity index (χ2n) is 3.64. The Labute approximate surface area is 97.7 Å². The summed E-state index contributed by atoms with van der Waals surface area (Å²) < 4.78 is 1.48. The predicted octanol–water partition coefficient (Wildman–Crippen LogP) is 0.691. The zero-order chi connectivity index (χ0) is 12.4. The SMILES string of the molecule is Cn1nc(-c2ccncc2)c(CC(=O)O)c1N. The van der Waals surface area contributed by atoms with Crippen LogP contribution in [-0.4, -0.2) is 25.8 Å². The van der Waals surface area contributed by atoms with E-state index in [2.05, 4.69) is 10.1 Å². The van der Waals surface area contributed by atoms with Crippen molar-refractivity contribution in [1.82, 2.24) is 14.8 Å². The van der Waals surface area contributed by atoms with Crippen LogP contribution in [0.3, 0.4) is 0 Å². The molecule has 0 atom stereocenters. The minimum absolute atomic E-state index is 0.142. The first-order valence-electron chi connectivity index (χ1n) is 5.03. The first-order chi connectivity index (χ1) is 8.09. The van der Waals surface area contributed by atoms with E-state index in [-0.39, 0.29) is 6.42 Å². The van der Waals surface area contributed by atoms with E-state index in [1.807, 2.05) is 0 Å². The van der Waals surface area contributed by atoms with E-state index in [0.717, 1.165) is 5.56 Å². The zero-order valence-electron chi connectivity index (χ0n) is 9.29. The molecule has 88 valence electrons. The highest BCUT2D eigenvalue weighted by Gasteiger charge is 2.17. The van der Waals surface area contributed by atoms with E-state index in [1.54, 1.807) is 31.6 Å². The number of hydrogen-bond donors (Lipinski definition) is 2. The van der Waals surface area contributed by atoms with Crippen LogP contribution in [0.15, 0.2) is 24.5 Å². The quantitative estimate of drug-likeness (QED) is 0.812. The van der Waals surface area contributed by atoms with Crippen LogP contribution in [0, 0.1) is 0 Å². The Morgan fingerprint density at radius 3 is 2.71 bits per heavy atom. The highest BCUT2D eigenvalue weighted by molar-refractivity contribution is 5.78. The van der Waals surface area contributed by atoms with Crippen molar-refractivity contribution in [3.05, 3.63) is 30.1 Å². The Morgan fingerprint density at radius 2 is 2.12 bits per heavy atom. The van der Waals surface area contributed by atoms with Crippen LogP contribution in [0.4, 0.5) is 5.82 Å². The number of pyridine rings is 1. The summed E-state index contributed by atoms with van der Waals surface area (Å²) in [6.45, 7) is 0. The van der Waals surface area contributed by atoms with Crippen molar-refractivity contribution in [2.45, 2.75) is 6.42 Å². The van der Waals surface area contributed by atoms with Crippen LogP contribution < -0.4 is 5.73 Å². The van der Waals surface area contributed by atoms with E-state index in [4.69, 9.17) is 10.8 Å². The van der Waals surface area contributed by atoms with Gasteiger partial charge in [-0.1, -0.05) is 0 Å². The molecule has 0 bridgehead atoms. The molecule has 0 radical (unpaired) electrons. The molecule has 0 spiro atoms. The van der Waals surface area contributed by atoms with Gasteiger partial charge < -0.3 is 10.8 Å². The van der Waals surface area contributed by atoms with Crippen molar-refractivity contribution in [2.75, 3.05) is 5.73 Å². The van der Waals surface area contributed by atoms with Gasteiger partial charge >= 0.3 is 5.97 Å². The summed E-state index contributed by atoms with van der Waals surface area (Å²) >= 11 is 0. The number of nitrogens with two attached hydrogens (primary N) is 1. The van der Waals surface area contributed by atoms with Crippen LogP contribution in [0.25, 0.3) is 11.3 Å². The normalized spacial score (nSPS) is 10.4. The van der Waals surface area contributed by atoms with Gasteiger partial charge in [-0.3, -0.25) is 14.5 Å². The van der Waals surface area contributed by atoms with Gasteiger partial charge in [-0.05, 0) is 12.1 Å². The lowest BCUT2D eigenvalue weighted by molar-refractivity contribution is -0.136. The first-order valence-corrected chi connectivity index (χ1v) is 5.03. The Kier molecular flexibility index (Phi) is 2.78. The fraction of sp³-hybridized carbons (Fsp3) is 0.182. The standard InChI is InChI=1S/C11H12N4O2/c1-15-11(12)8(6-9(16)17)10(14-15)7-2-4-13-5-3-7/h2-5H,6,12H2,1H3,(H,16,17). The van der Waals surface area contributed by atoms with E-state index in [9.17, 15) is 4.79 Å². The van der Waals surface area contributed by atoms with Gasteiger partial charge in [-0.2, -0.15) is 5.10 Å². The summed E-state index contributed by atoms with van der Waals surface area (Å²) in [6, 6.07) is 3.54. The van der Waals surface area contributed by atoms with Gasteiger partial charge in [0.25, 0.3) is 0 Å². The molecule has 3 N–H and O–H groups in total. The lowest BCUT2D eigenvalue weighted by Crippen LogP contribution is -2.04. The molecular weight excluding hydrogens is 220 g/mol. The summed E-state index contributed by atoms with van der Waals surface area (Å²) in [5, 5.41) is 13.1. The summed E-state index contributed by atoms with van der Waals surface area (Å²) in [6.07, 6.45) is 3.12. The topological polar surface area (TPSA) is 94.0 Å². The van der Waals surface area contributed by atoms with Crippen molar-refractivity contribution >= 4 is 11.8 Å². The average Bonchev–Trinajstić information content (AvgIpc) is 2.58. The van der Waals surface area contributed by atoms with Gasteiger partial charge in [0, 0.05) is 30.6 Å². The molecule has 2 aromatic rings. The van der Waals surface area contributed by atoms with E-state index in [0.29, 0.717) is 17.1 Å². The van der Waals surface area contributed by atoms with Crippen LogP contribution in [0.2, 0.25) is 0 Å². The van der Waals surface area contributed by atoms with Gasteiger partial charge in [-0.25, -0.2) is 0 Å². The van der Waals surface area contributed by atoms with Gasteiger partial charge in [-0.15, -0.1) is 0 Å². The smallest absolute Gasteiger partial charge is 0.308 e. The molecule has 0 amide bonds. The van der Waals surface area contributed by atoms with Crippen molar-refractivity contribution in [3.63, 3.8) is 0 Å². The third-order valence-corrected chi connectivity index (χ3v) is 2.48. The summed E-state index contributed by atoms with van der Waals surface area (Å²) in [7, 11) is 1.69. The number of carboxylic acids is 1. The second kappa shape index (κ2) is 4.25. The third kappa shape index (κ3) is 2.10. The first kappa shape index (κ1) is 11.1. The summed E-state index contributed by atoms with van der Waals surface area (Å²) in [5.41, 5.74) is 7.75. The van der Waals surface area contributed by atoms with Crippen molar-refractivity contribution < 1.29 is 9.90 Å². The minimum Gasteiger partial charge on any atom is -0.481 e. The molecule has 6 nitrogen and oxygen atoms in total. The maximum absolute atomic E-state index is 10.8. The molecule has 2 aromatic heterocycles. The maximum atomic E-state index is 10.8. The fourth-order valence-electron chi connectivity index (χ4n) is 1.65. The molecule has 0 aliphatic carbocycles. The number of anilines is 1. The van der Waals surface area contributed by atoms with E-state index < -0.39 is 5.97 Å². The second-order valence-corrected chi connectivity index (χ2v) is 3.64. The highest BCUT2D eigenvalue weighted by Crippen LogP contribution is 2.26. The number of carboxylic acid groups (broad SMARTS) is 1. The zero-order valence-corrected chi connectivity index (χ0v) is 9.29.